The molecule has 0 N–H and O–H groups in total. The van der Waals surface area contributed by atoms with Crippen LogP contribution < -0.4 is 0 Å². The number of hydrogen-bond acceptors (Lipinski definition) is 1. The third kappa shape index (κ3) is 1.10. The van der Waals surface area contributed by atoms with Crippen molar-refractivity contribution in [3.05, 3.63) is 34.9 Å². The number of hydrogen-bond donors (Lipinski definition) is 0. The normalized spacial score (nSPS) is 15.8. The van der Waals surface area contributed by atoms with Gasteiger partial charge in [0.2, 0.25) is 0 Å². The predicted octanol–water partition coefficient (Wildman–Crippen LogP) is 2.04. The van der Waals surface area contributed by atoms with E-state index in [4.69, 9.17) is 4.74 Å². The molecule has 0 fully saturated rings. The largest absolute Gasteiger partial charge is 0.376 e. The third-order valence-electron chi connectivity index (χ3n) is 2.06. The van der Waals surface area contributed by atoms with Gasteiger partial charge in [-0.3, -0.25) is 0 Å². The molecule has 12 heavy (non-hydrogen) atoms. The summed E-state index contributed by atoms with van der Waals surface area (Å²) >= 11 is 0. The standard InChI is InChI=1S/C9H8F2O/c10-8-1-2-9(11)7-5-12-4-3-6(7)8/h1-2H,3-5H2. The molecule has 0 saturated heterocycles. The molecule has 0 radical (unpaired) electrons. The lowest BCUT2D eigenvalue weighted by Crippen LogP contribution is -2.13. The van der Waals surface area contributed by atoms with Crippen LogP contribution in [-0.4, -0.2) is 6.61 Å². The topological polar surface area (TPSA) is 9.23 Å². The van der Waals surface area contributed by atoms with E-state index in [0.29, 0.717) is 24.2 Å². The van der Waals surface area contributed by atoms with Gasteiger partial charge in [-0.1, -0.05) is 0 Å². The van der Waals surface area contributed by atoms with Gasteiger partial charge >= 0.3 is 0 Å². The summed E-state index contributed by atoms with van der Waals surface area (Å²) in [5.74, 6) is -0.694. The van der Waals surface area contributed by atoms with Gasteiger partial charge in [-0.15, -0.1) is 0 Å². The highest BCUT2D eigenvalue weighted by Gasteiger charge is 2.17. The zero-order valence-corrected chi connectivity index (χ0v) is 6.44. The molecular weight excluding hydrogens is 162 g/mol. The molecular formula is C9H8F2O. The van der Waals surface area contributed by atoms with Crippen LogP contribution in [0.1, 0.15) is 11.1 Å². The van der Waals surface area contributed by atoms with E-state index in [0.717, 1.165) is 6.07 Å². The molecule has 64 valence electrons. The Hall–Kier alpha value is -0.960. The smallest absolute Gasteiger partial charge is 0.129 e. The minimum atomic E-state index is -0.369. The fraction of sp³-hybridized carbons (Fsp3) is 0.333. The molecule has 3 heteroatoms. The zero-order valence-electron chi connectivity index (χ0n) is 6.44. The number of rotatable bonds is 0. The van der Waals surface area contributed by atoms with Gasteiger partial charge in [0.1, 0.15) is 11.6 Å². The first-order chi connectivity index (χ1) is 5.79. The maximum atomic E-state index is 13.0. The van der Waals surface area contributed by atoms with Crippen molar-refractivity contribution in [1.82, 2.24) is 0 Å². The van der Waals surface area contributed by atoms with E-state index in [-0.39, 0.29) is 18.2 Å². The highest BCUT2D eigenvalue weighted by Crippen LogP contribution is 2.22. The Kier molecular flexibility index (Phi) is 1.81. The number of benzene rings is 1. The quantitative estimate of drug-likeness (QED) is 0.579. The molecule has 0 unspecified atom stereocenters. The van der Waals surface area contributed by atoms with E-state index >= 15 is 0 Å². The minimum Gasteiger partial charge on any atom is -0.376 e. The van der Waals surface area contributed by atoms with Crippen molar-refractivity contribution in [2.45, 2.75) is 13.0 Å². The summed E-state index contributed by atoms with van der Waals surface area (Å²) in [7, 11) is 0. The summed E-state index contributed by atoms with van der Waals surface area (Å²) in [4.78, 5) is 0. The van der Waals surface area contributed by atoms with E-state index < -0.39 is 0 Å². The second-order valence-corrected chi connectivity index (χ2v) is 2.79. The third-order valence-corrected chi connectivity index (χ3v) is 2.06. The number of halogens is 2. The van der Waals surface area contributed by atoms with Gasteiger partial charge in [0.15, 0.2) is 0 Å². The first kappa shape index (κ1) is 7.68. The molecule has 1 nitrogen and oxygen atoms in total. The first-order valence-corrected chi connectivity index (χ1v) is 3.82. The van der Waals surface area contributed by atoms with Crippen molar-refractivity contribution < 1.29 is 13.5 Å². The van der Waals surface area contributed by atoms with Crippen molar-refractivity contribution in [2.75, 3.05) is 6.61 Å². The summed E-state index contributed by atoms with van der Waals surface area (Å²) in [6.07, 6.45) is 0.471. The molecule has 0 amide bonds. The predicted molar refractivity (Wildman–Crippen MR) is 39.7 cm³/mol. The molecule has 0 aromatic heterocycles. The monoisotopic (exact) mass is 170 g/mol. The second kappa shape index (κ2) is 2.83. The van der Waals surface area contributed by atoms with Crippen molar-refractivity contribution in [1.29, 1.82) is 0 Å². The van der Waals surface area contributed by atoms with Crippen molar-refractivity contribution in [3.8, 4) is 0 Å². The van der Waals surface area contributed by atoms with Gasteiger partial charge in [0.05, 0.1) is 13.2 Å². The fourth-order valence-corrected chi connectivity index (χ4v) is 1.41. The summed E-state index contributed by atoms with van der Waals surface area (Å²) in [6, 6.07) is 2.31. The van der Waals surface area contributed by atoms with Crippen LogP contribution in [0.2, 0.25) is 0 Å². The SMILES string of the molecule is Fc1ccc(F)c2c1CCOC2. The van der Waals surface area contributed by atoms with Crippen LogP contribution in [0.25, 0.3) is 0 Å². The van der Waals surface area contributed by atoms with Gasteiger partial charge < -0.3 is 4.74 Å². The van der Waals surface area contributed by atoms with E-state index in [9.17, 15) is 8.78 Å². The Morgan fingerprint density at radius 1 is 1.08 bits per heavy atom. The lowest BCUT2D eigenvalue weighted by atomic mass is 10.0. The summed E-state index contributed by atoms with van der Waals surface area (Å²) < 4.78 is 31.1. The Labute approximate surface area is 69.0 Å². The molecule has 2 rings (SSSR count). The summed E-state index contributed by atoms with van der Waals surface area (Å²) in [6.45, 7) is 0.673. The van der Waals surface area contributed by atoms with Crippen LogP contribution >= 0.6 is 0 Å². The van der Waals surface area contributed by atoms with Gasteiger partial charge in [-0.25, -0.2) is 8.78 Å². The van der Waals surface area contributed by atoms with Crippen molar-refractivity contribution in [2.24, 2.45) is 0 Å². The highest BCUT2D eigenvalue weighted by molar-refractivity contribution is 5.30. The van der Waals surface area contributed by atoms with Crippen LogP contribution in [-0.2, 0) is 17.8 Å². The van der Waals surface area contributed by atoms with Crippen LogP contribution in [0, 0.1) is 11.6 Å². The molecule has 1 aliphatic rings. The van der Waals surface area contributed by atoms with Crippen LogP contribution in [0.4, 0.5) is 8.78 Å². The Bertz CT molecular complexity index is 279. The molecule has 0 bridgehead atoms. The molecule has 0 saturated carbocycles. The van der Waals surface area contributed by atoms with E-state index in [1.54, 1.807) is 0 Å². The Morgan fingerprint density at radius 2 is 1.75 bits per heavy atom. The molecule has 0 atom stereocenters. The minimum absolute atomic E-state index is 0.193. The van der Waals surface area contributed by atoms with Gasteiger partial charge in [-0.05, 0) is 24.1 Å². The maximum Gasteiger partial charge on any atom is 0.129 e. The van der Waals surface area contributed by atoms with Gasteiger partial charge in [0, 0.05) is 5.56 Å². The second-order valence-electron chi connectivity index (χ2n) is 2.79. The average molecular weight is 170 g/mol. The van der Waals surface area contributed by atoms with E-state index in [1.165, 1.54) is 6.07 Å². The van der Waals surface area contributed by atoms with Crippen LogP contribution in [0.15, 0.2) is 12.1 Å². The Morgan fingerprint density at radius 3 is 2.42 bits per heavy atom. The number of ether oxygens (including phenoxy) is 1. The summed E-state index contributed by atoms with van der Waals surface area (Å²) in [5.41, 5.74) is 0.850. The average Bonchev–Trinajstić information content (AvgIpc) is 2.12. The molecule has 1 aromatic carbocycles. The highest BCUT2D eigenvalue weighted by atomic mass is 19.1. The van der Waals surface area contributed by atoms with Gasteiger partial charge in [0.25, 0.3) is 0 Å². The van der Waals surface area contributed by atoms with E-state index in [1.807, 2.05) is 0 Å². The van der Waals surface area contributed by atoms with Gasteiger partial charge in [-0.2, -0.15) is 0 Å². The van der Waals surface area contributed by atoms with Crippen molar-refractivity contribution >= 4 is 0 Å². The molecule has 1 aliphatic heterocycles. The fourth-order valence-electron chi connectivity index (χ4n) is 1.41. The van der Waals surface area contributed by atoms with Crippen LogP contribution in [0.3, 0.4) is 0 Å². The molecule has 0 spiro atoms. The van der Waals surface area contributed by atoms with Crippen LogP contribution in [0.5, 0.6) is 0 Å². The van der Waals surface area contributed by atoms with Crippen molar-refractivity contribution in [3.63, 3.8) is 0 Å². The number of fused-ring (bicyclic) bond motifs is 1. The molecule has 0 aliphatic carbocycles. The van der Waals surface area contributed by atoms with E-state index in [2.05, 4.69) is 0 Å². The first-order valence-electron chi connectivity index (χ1n) is 3.82. The lowest BCUT2D eigenvalue weighted by molar-refractivity contribution is 0.106. The lowest BCUT2D eigenvalue weighted by Gasteiger charge is -2.17. The zero-order chi connectivity index (χ0) is 8.55. The molecule has 1 aromatic rings. The summed E-state index contributed by atoms with van der Waals surface area (Å²) in [5, 5.41) is 0. The Balaban J connectivity index is 2.57. The molecule has 1 heterocycles. The maximum absolute atomic E-state index is 13.0.